The van der Waals surface area contributed by atoms with Crippen LogP contribution in [-0.4, -0.2) is 21.3 Å². The van der Waals surface area contributed by atoms with Crippen LogP contribution >= 0.6 is 27.7 Å². The van der Waals surface area contributed by atoms with Gasteiger partial charge in [0.05, 0.1) is 5.39 Å². The van der Waals surface area contributed by atoms with Crippen LogP contribution in [0.3, 0.4) is 0 Å². The molecule has 0 saturated heterocycles. The van der Waals surface area contributed by atoms with E-state index >= 15 is 0 Å². The molecule has 19 heavy (non-hydrogen) atoms. The van der Waals surface area contributed by atoms with Crippen LogP contribution in [0.2, 0.25) is 0 Å². The summed E-state index contributed by atoms with van der Waals surface area (Å²) in [5.74, 6) is 0.382. The van der Waals surface area contributed by atoms with E-state index in [-0.39, 0.29) is 5.88 Å². The molecular formula is C12H9BrN4OS. The fourth-order valence-electron chi connectivity index (χ4n) is 1.96. The lowest BCUT2D eigenvalue weighted by atomic mass is 10.2. The summed E-state index contributed by atoms with van der Waals surface area (Å²) >= 11 is 4.74. The number of hydrogen-bond donors (Lipinski definition) is 0. The first-order chi connectivity index (χ1) is 9.10. The molecule has 0 radical (unpaired) electrons. The van der Waals surface area contributed by atoms with E-state index in [9.17, 15) is 5.11 Å². The third-order valence-electron chi connectivity index (χ3n) is 2.78. The van der Waals surface area contributed by atoms with E-state index in [1.807, 2.05) is 31.4 Å². The highest BCUT2D eigenvalue weighted by molar-refractivity contribution is 9.10. The maximum atomic E-state index is 12.2. The minimum atomic E-state index is -0.284. The van der Waals surface area contributed by atoms with E-state index < -0.39 is 0 Å². The molecule has 0 aliphatic heterocycles. The van der Waals surface area contributed by atoms with Crippen LogP contribution in [0.4, 0.5) is 0 Å². The summed E-state index contributed by atoms with van der Waals surface area (Å²) < 4.78 is 2.46. The maximum Gasteiger partial charge on any atom is 0.321 e. The van der Waals surface area contributed by atoms with Crippen LogP contribution in [0.1, 0.15) is 5.82 Å². The normalized spacial score (nSPS) is 11.3. The average molecular weight is 337 g/mol. The average Bonchev–Trinajstić information content (AvgIpc) is 2.39. The standard InChI is InChI=1S/C12H9BrN4OS/c1-6-14-9-4-3-7(13)5-8(9)10-11(18)15-12(19-2)16-17(6)10/h3-5H,1-2H3. The lowest BCUT2D eigenvalue weighted by molar-refractivity contribution is -0.598. The Labute approximate surface area is 121 Å². The minimum Gasteiger partial charge on any atom is -0.856 e. The molecule has 2 aromatic heterocycles. The van der Waals surface area contributed by atoms with Gasteiger partial charge in [-0.25, -0.2) is 4.98 Å². The van der Waals surface area contributed by atoms with Crippen molar-refractivity contribution in [3.63, 3.8) is 0 Å². The van der Waals surface area contributed by atoms with Gasteiger partial charge in [-0.1, -0.05) is 37.3 Å². The Bertz CT molecular complexity index is 809. The predicted molar refractivity (Wildman–Crippen MR) is 74.2 cm³/mol. The summed E-state index contributed by atoms with van der Waals surface area (Å²) in [7, 11) is 0. The largest absolute Gasteiger partial charge is 0.856 e. The Balaban J connectivity index is 2.56. The van der Waals surface area contributed by atoms with Gasteiger partial charge in [-0.15, -0.1) is 0 Å². The molecule has 5 nitrogen and oxygen atoms in total. The molecule has 0 fully saturated rings. The number of aryl methyl sites for hydroxylation is 1. The topological polar surface area (TPSA) is 65.8 Å². The van der Waals surface area contributed by atoms with Crippen molar-refractivity contribution < 1.29 is 9.62 Å². The molecule has 0 N–H and O–H groups in total. The third kappa shape index (κ3) is 2.02. The van der Waals surface area contributed by atoms with Gasteiger partial charge in [0, 0.05) is 17.3 Å². The van der Waals surface area contributed by atoms with E-state index in [1.165, 1.54) is 11.8 Å². The van der Waals surface area contributed by atoms with Crippen molar-refractivity contribution in [3.8, 4) is 5.88 Å². The maximum absolute atomic E-state index is 12.2. The van der Waals surface area contributed by atoms with Crippen LogP contribution in [0.25, 0.3) is 16.4 Å². The smallest absolute Gasteiger partial charge is 0.321 e. The molecule has 96 valence electrons. The molecule has 0 amide bonds. The van der Waals surface area contributed by atoms with Crippen molar-refractivity contribution in [1.82, 2.24) is 15.1 Å². The molecular weight excluding hydrogens is 328 g/mol. The van der Waals surface area contributed by atoms with Crippen LogP contribution < -0.4 is 9.62 Å². The van der Waals surface area contributed by atoms with Crippen LogP contribution in [0, 0.1) is 6.92 Å². The number of aromatic nitrogens is 4. The molecule has 0 spiro atoms. The van der Waals surface area contributed by atoms with Gasteiger partial charge in [0.15, 0.2) is 11.0 Å². The number of thioether (sulfide) groups is 1. The summed E-state index contributed by atoms with van der Waals surface area (Å²) in [5, 5.41) is 17.7. The molecule has 0 bridgehead atoms. The van der Waals surface area contributed by atoms with Crippen LogP contribution in [-0.2, 0) is 0 Å². The molecule has 0 atom stereocenters. The Morgan fingerprint density at radius 1 is 1.32 bits per heavy atom. The highest BCUT2D eigenvalue weighted by Crippen LogP contribution is 2.24. The van der Waals surface area contributed by atoms with Gasteiger partial charge in [0.25, 0.3) is 0 Å². The summed E-state index contributed by atoms with van der Waals surface area (Å²) in [6.07, 6.45) is 1.83. The van der Waals surface area contributed by atoms with Gasteiger partial charge in [0.2, 0.25) is 5.16 Å². The van der Waals surface area contributed by atoms with Crippen molar-refractivity contribution in [1.29, 1.82) is 0 Å². The second-order valence-electron chi connectivity index (χ2n) is 3.98. The summed E-state index contributed by atoms with van der Waals surface area (Å²) in [5.41, 5.74) is 1.22. The summed E-state index contributed by atoms with van der Waals surface area (Å²) in [6, 6.07) is 5.63. The Morgan fingerprint density at radius 2 is 2.11 bits per heavy atom. The summed E-state index contributed by atoms with van der Waals surface area (Å²) in [6.45, 7) is 1.82. The Kier molecular flexibility index (Phi) is 3.02. The number of hydrogen-bond acceptors (Lipinski definition) is 5. The molecule has 1 aromatic carbocycles. The Morgan fingerprint density at radius 3 is 2.84 bits per heavy atom. The second kappa shape index (κ2) is 4.57. The van der Waals surface area contributed by atoms with Crippen molar-refractivity contribution in [2.75, 3.05) is 6.26 Å². The van der Waals surface area contributed by atoms with Crippen molar-refractivity contribution >= 4 is 44.1 Å². The van der Waals surface area contributed by atoms with Gasteiger partial charge in [0.1, 0.15) is 0 Å². The molecule has 0 aliphatic rings. The lowest BCUT2D eigenvalue weighted by Gasteiger charge is -2.09. The first-order valence-corrected chi connectivity index (χ1v) is 7.53. The fourth-order valence-corrected chi connectivity index (χ4v) is 2.65. The lowest BCUT2D eigenvalue weighted by Crippen LogP contribution is -2.34. The molecule has 3 rings (SSSR count). The van der Waals surface area contributed by atoms with Gasteiger partial charge in [-0.2, -0.15) is 0 Å². The van der Waals surface area contributed by atoms with E-state index in [4.69, 9.17) is 0 Å². The molecule has 0 saturated carbocycles. The van der Waals surface area contributed by atoms with Gasteiger partial charge < -0.3 is 5.11 Å². The van der Waals surface area contributed by atoms with Gasteiger partial charge in [-0.05, 0) is 29.4 Å². The minimum absolute atomic E-state index is 0.284. The predicted octanol–water partition coefficient (Wildman–Crippen LogP) is 1.63. The third-order valence-corrected chi connectivity index (χ3v) is 3.81. The fraction of sp³-hybridized carbons (Fsp3) is 0.167. The molecule has 7 heteroatoms. The molecule has 0 unspecified atom stereocenters. The molecule has 3 aromatic rings. The van der Waals surface area contributed by atoms with Crippen molar-refractivity contribution in [2.45, 2.75) is 12.1 Å². The van der Waals surface area contributed by atoms with E-state index in [0.29, 0.717) is 16.5 Å². The highest BCUT2D eigenvalue weighted by Gasteiger charge is 2.17. The zero-order valence-corrected chi connectivity index (χ0v) is 12.6. The highest BCUT2D eigenvalue weighted by atomic mass is 79.9. The summed E-state index contributed by atoms with van der Waals surface area (Å²) in [4.78, 5) is 8.44. The number of benzene rings is 1. The monoisotopic (exact) mass is 336 g/mol. The zero-order chi connectivity index (χ0) is 13.6. The number of halogens is 1. The number of rotatable bonds is 1. The number of nitrogens with zero attached hydrogens (tertiary/aromatic N) is 4. The van der Waals surface area contributed by atoms with E-state index in [2.05, 4.69) is 31.0 Å². The van der Waals surface area contributed by atoms with Gasteiger partial charge in [-0.3, -0.25) is 0 Å². The van der Waals surface area contributed by atoms with Crippen molar-refractivity contribution in [2.24, 2.45) is 0 Å². The zero-order valence-electron chi connectivity index (χ0n) is 10.2. The van der Waals surface area contributed by atoms with Crippen LogP contribution in [0.5, 0.6) is 5.88 Å². The first kappa shape index (κ1) is 12.6. The van der Waals surface area contributed by atoms with Gasteiger partial charge >= 0.3 is 5.82 Å². The van der Waals surface area contributed by atoms with Crippen LogP contribution in [0.15, 0.2) is 27.8 Å². The van der Waals surface area contributed by atoms with E-state index in [0.717, 1.165) is 15.4 Å². The van der Waals surface area contributed by atoms with Crippen molar-refractivity contribution in [3.05, 3.63) is 28.5 Å². The van der Waals surface area contributed by atoms with E-state index in [1.54, 1.807) is 4.52 Å². The SMILES string of the molecule is CSc1nc([O-])c2c3cc(Br)ccc3nc(C)[n+]2n1. The Hall–Kier alpha value is -1.47. The number of fused-ring (bicyclic) bond motifs is 3. The quantitative estimate of drug-likeness (QED) is 0.384. The first-order valence-electron chi connectivity index (χ1n) is 5.51. The molecule has 2 heterocycles. The second-order valence-corrected chi connectivity index (χ2v) is 5.67. The molecule has 0 aliphatic carbocycles.